The molecular formula is C33H62O4. The molecule has 0 aliphatic heterocycles. The maximum Gasteiger partial charge on any atom is 0.307 e. The van der Waals surface area contributed by atoms with Crippen molar-refractivity contribution in [2.24, 2.45) is 11.8 Å². The van der Waals surface area contributed by atoms with Gasteiger partial charge in [-0.3, -0.25) is 9.59 Å². The van der Waals surface area contributed by atoms with Crippen LogP contribution in [0.5, 0.6) is 0 Å². The van der Waals surface area contributed by atoms with Gasteiger partial charge in [0.1, 0.15) is 6.10 Å². The van der Waals surface area contributed by atoms with E-state index in [0.29, 0.717) is 19.3 Å². The van der Waals surface area contributed by atoms with Crippen molar-refractivity contribution in [3.63, 3.8) is 0 Å². The maximum absolute atomic E-state index is 12.2. The van der Waals surface area contributed by atoms with E-state index in [1.54, 1.807) is 0 Å². The molecule has 0 aromatic carbocycles. The molecular weight excluding hydrogens is 460 g/mol. The number of ether oxygens (including phenoxy) is 1. The second-order valence-corrected chi connectivity index (χ2v) is 12.0. The Labute approximate surface area is 230 Å². The molecule has 0 spiro atoms. The summed E-state index contributed by atoms with van der Waals surface area (Å²) in [6.07, 6.45) is 28.1. The molecule has 1 atom stereocenters. The molecule has 0 saturated carbocycles. The van der Waals surface area contributed by atoms with Gasteiger partial charge in [-0.1, -0.05) is 136 Å². The van der Waals surface area contributed by atoms with Crippen molar-refractivity contribution >= 4 is 11.9 Å². The topological polar surface area (TPSA) is 63.6 Å². The number of carbonyl (C=O) groups excluding carboxylic acids is 1. The van der Waals surface area contributed by atoms with Gasteiger partial charge in [0.25, 0.3) is 0 Å². The highest BCUT2D eigenvalue weighted by molar-refractivity contribution is 5.71. The van der Waals surface area contributed by atoms with E-state index in [2.05, 4.69) is 39.8 Å². The predicted molar refractivity (Wildman–Crippen MR) is 158 cm³/mol. The van der Waals surface area contributed by atoms with Crippen LogP contribution >= 0.6 is 0 Å². The average Bonchev–Trinajstić information content (AvgIpc) is 2.82. The second-order valence-electron chi connectivity index (χ2n) is 12.0. The molecule has 1 N–H and O–H groups in total. The van der Waals surface area contributed by atoms with Gasteiger partial charge in [0.15, 0.2) is 0 Å². The van der Waals surface area contributed by atoms with Crippen LogP contribution in [0.1, 0.15) is 169 Å². The van der Waals surface area contributed by atoms with Crippen LogP contribution in [0.15, 0.2) is 12.2 Å². The van der Waals surface area contributed by atoms with E-state index in [0.717, 1.165) is 31.1 Å². The van der Waals surface area contributed by atoms with Crippen LogP contribution < -0.4 is 0 Å². The first-order valence-corrected chi connectivity index (χ1v) is 15.9. The minimum Gasteiger partial charge on any atom is -0.481 e. The van der Waals surface area contributed by atoms with Crippen molar-refractivity contribution in [3.05, 3.63) is 12.2 Å². The maximum atomic E-state index is 12.2. The summed E-state index contributed by atoms with van der Waals surface area (Å²) in [5.41, 5.74) is 0. The number of carbonyl (C=O) groups is 2. The van der Waals surface area contributed by atoms with Gasteiger partial charge < -0.3 is 9.84 Å². The fraction of sp³-hybridized carbons (Fsp3) is 0.879. The zero-order valence-electron chi connectivity index (χ0n) is 25.1. The molecule has 0 amide bonds. The van der Waals surface area contributed by atoms with E-state index >= 15 is 0 Å². The van der Waals surface area contributed by atoms with Crippen molar-refractivity contribution in [2.75, 3.05) is 0 Å². The van der Waals surface area contributed by atoms with Crippen molar-refractivity contribution in [1.82, 2.24) is 0 Å². The zero-order chi connectivity index (χ0) is 27.6. The normalized spacial score (nSPS) is 12.6. The molecule has 4 nitrogen and oxygen atoms in total. The molecule has 1 unspecified atom stereocenters. The Morgan fingerprint density at radius 3 is 1.46 bits per heavy atom. The fourth-order valence-corrected chi connectivity index (χ4v) is 4.76. The summed E-state index contributed by atoms with van der Waals surface area (Å²) >= 11 is 0. The monoisotopic (exact) mass is 522 g/mol. The standard InChI is InChI=1S/C33H62O4/c1-29(2)24-20-16-12-8-6-5-7-9-15-19-23-27-33(36)37-31(28-32(34)35)26-22-18-14-11-10-13-17-21-25-30(3)4/h15,19,29-31H,5-14,16-18,20-28H2,1-4H3,(H,34,35). The second kappa shape index (κ2) is 26.3. The molecule has 0 aromatic heterocycles. The summed E-state index contributed by atoms with van der Waals surface area (Å²) in [6.45, 7) is 9.16. The molecule has 0 radical (unpaired) electrons. The lowest BCUT2D eigenvalue weighted by Crippen LogP contribution is -2.21. The summed E-state index contributed by atoms with van der Waals surface area (Å²) in [4.78, 5) is 23.4. The first-order chi connectivity index (χ1) is 17.8. The summed E-state index contributed by atoms with van der Waals surface area (Å²) in [7, 11) is 0. The van der Waals surface area contributed by atoms with E-state index in [-0.39, 0.29) is 12.4 Å². The third-order valence-corrected chi connectivity index (χ3v) is 7.09. The van der Waals surface area contributed by atoms with Crippen molar-refractivity contribution < 1.29 is 19.4 Å². The predicted octanol–water partition coefficient (Wildman–Crippen LogP) is 10.4. The lowest BCUT2D eigenvalue weighted by molar-refractivity contribution is -0.153. The zero-order valence-corrected chi connectivity index (χ0v) is 25.1. The Morgan fingerprint density at radius 1 is 0.595 bits per heavy atom. The van der Waals surface area contributed by atoms with Gasteiger partial charge in [-0.25, -0.2) is 0 Å². The minimum atomic E-state index is -0.894. The smallest absolute Gasteiger partial charge is 0.307 e. The Balaban J connectivity index is 3.76. The molecule has 0 aliphatic rings. The number of esters is 1. The molecule has 0 aromatic rings. The number of hydrogen-bond acceptors (Lipinski definition) is 3. The number of carboxylic acids is 1. The van der Waals surface area contributed by atoms with E-state index in [1.165, 1.54) is 96.3 Å². The Bertz CT molecular complexity index is 553. The van der Waals surface area contributed by atoms with Crippen LogP contribution in [0.2, 0.25) is 0 Å². The number of rotatable bonds is 27. The third-order valence-electron chi connectivity index (χ3n) is 7.09. The van der Waals surface area contributed by atoms with Crippen molar-refractivity contribution in [2.45, 2.75) is 175 Å². The number of aliphatic carboxylic acids is 1. The lowest BCUT2D eigenvalue weighted by atomic mass is 10.0. The molecule has 218 valence electrons. The summed E-state index contributed by atoms with van der Waals surface area (Å²) < 4.78 is 5.51. The summed E-state index contributed by atoms with van der Waals surface area (Å²) in [6, 6.07) is 0. The molecule has 0 fully saturated rings. The summed E-state index contributed by atoms with van der Waals surface area (Å²) in [5.74, 6) is 0.478. The largest absolute Gasteiger partial charge is 0.481 e. The van der Waals surface area contributed by atoms with Gasteiger partial charge in [0.05, 0.1) is 6.42 Å². The highest BCUT2D eigenvalue weighted by Gasteiger charge is 2.17. The Morgan fingerprint density at radius 2 is 1.00 bits per heavy atom. The van der Waals surface area contributed by atoms with Gasteiger partial charge in [0, 0.05) is 6.42 Å². The highest BCUT2D eigenvalue weighted by atomic mass is 16.5. The van der Waals surface area contributed by atoms with Gasteiger partial charge >= 0.3 is 11.9 Å². The van der Waals surface area contributed by atoms with Crippen LogP contribution in [0, 0.1) is 11.8 Å². The lowest BCUT2D eigenvalue weighted by Gasteiger charge is -2.16. The van der Waals surface area contributed by atoms with Crippen molar-refractivity contribution in [3.8, 4) is 0 Å². The number of unbranched alkanes of at least 4 members (excludes halogenated alkanes) is 14. The van der Waals surface area contributed by atoms with Gasteiger partial charge in [0.2, 0.25) is 0 Å². The van der Waals surface area contributed by atoms with Crippen LogP contribution in [-0.2, 0) is 14.3 Å². The molecule has 0 heterocycles. The minimum absolute atomic E-state index is 0.0881. The van der Waals surface area contributed by atoms with Crippen LogP contribution in [0.25, 0.3) is 0 Å². The molecule has 37 heavy (non-hydrogen) atoms. The van der Waals surface area contributed by atoms with E-state index in [9.17, 15) is 14.7 Å². The van der Waals surface area contributed by atoms with Crippen LogP contribution in [-0.4, -0.2) is 23.1 Å². The molecule has 0 saturated heterocycles. The Hall–Kier alpha value is -1.32. The molecule has 4 heteroatoms. The van der Waals surface area contributed by atoms with Gasteiger partial charge in [-0.2, -0.15) is 0 Å². The SMILES string of the molecule is CC(C)CCCCCCCCCC=CCCC(=O)OC(CCCCCCCCCCC(C)C)CC(=O)O. The van der Waals surface area contributed by atoms with E-state index in [1.807, 2.05) is 0 Å². The van der Waals surface area contributed by atoms with E-state index in [4.69, 9.17) is 4.74 Å². The molecule has 0 rings (SSSR count). The third kappa shape index (κ3) is 29.1. The number of hydrogen-bond donors (Lipinski definition) is 1. The van der Waals surface area contributed by atoms with Gasteiger partial charge in [-0.05, 0) is 43.9 Å². The molecule has 0 aliphatic carbocycles. The fourth-order valence-electron chi connectivity index (χ4n) is 4.76. The first-order valence-electron chi connectivity index (χ1n) is 15.9. The quantitative estimate of drug-likeness (QED) is 0.0662. The van der Waals surface area contributed by atoms with Crippen molar-refractivity contribution in [1.29, 1.82) is 0 Å². The number of carboxylic acid groups (broad SMARTS) is 1. The van der Waals surface area contributed by atoms with Crippen LogP contribution in [0.4, 0.5) is 0 Å². The highest BCUT2D eigenvalue weighted by Crippen LogP contribution is 2.16. The average molecular weight is 523 g/mol. The van der Waals surface area contributed by atoms with E-state index < -0.39 is 12.1 Å². The van der Waals surface area contributed by atoms with Gasteiger partial charge in [-0.15, -0.1) is 0 Å². The summed E-state index contributed by atoms with van der Waals surface area (Å²) in [5, 5.41) is 9.18. The number of allylic oxidation sites excluding steroid dienone is 2. The molecule has 0 bridgehead atoms. The van der Waals surface area contributed by atoms with Crippen LogP contribution in [0.3, 0.4) is 0 Å². The Kier molecular flexibility index (Phi) is 25.4. The first kappa shape index (κ1) is 35.7.